The van der Waals surface area contributed by atoms with Gasteiger partial charge in [-0.3, -0.25) is 4.79 Å². The third kappa shape index (κ3) is 5.03. The quantitative estimate of drug-likeness (QED) is 0.877. The van der Waals surface area contributed by atoms with Gasteiger partial charge in [-0.25, -0.2) is 4.79 Å². The van der Waals surface area contributed by atoms with Crippen molar-refractivity contribution in [2.75, 3.05) is 0 Å². The number of aliphatic carboxylic acids is 1. The van der Waals surface area contributed by atoms with Crippen LogP contribution < -0.4 is 5.32 Å². The number of nitrogens with one attached hydrogen (secondary N) is 1. The van der Waals surface area contributed by atoms with Crippen molar-refractivity contribution in [1.29, 1.82) is 0 Å². The number of hydrogen-bond acceptors (Lipinski definition) is 4. The third-order valence-corrected chi connectivity index (χ3v) is 2.34. The van der Waals surface area contributed by atoms with E-state index in [2.05, 4.69) is 5.32 Å². The van der Waals surface area contributed by atoms with Gasteiger partial charge in [0.05, 0.1) is 18.7 Å². The fourth-order valence-corrected chi connectivity index (χ4v) is 1.62. The van der Waals surface area contributed by atoms with Crippen LogP contribution in [0.15, 0.2) is 16.7 Å². The largest absolute Gasteiger partial charge is 0.481 e. The van der Waals surface area contributed by atoms with E-state index < -0.39 is 23.7 Å². The van der Waals surface area contributed by atoms with Crippen LogP contribution in [0.1, 0.15) is 44.6 Å². The maximum atomic E-state index is 11.7. The number of ether oxygens (including phenoxy) is 1. The molecule has 0 spiro atoms. The van der Waals surface area contributed by atoms with E-state index in [1.807, 2.05) is 0 Å². The Kier molecular flexibility index (Phi) is 4.58. The number of aryl methyl sites for hydroxylation is 1. The first kappa shape index (κ1) is 15.1. The first-order valence-electron chi connectivity index (χ1n) is 5.94. The fourth-order valence-electron chi connectivity index (χ4n) is 1.62. The molecule has 0 fully saturated rings. The van der Waals surface area contributed by atoms with Gasteiger partial charge in [-0.2, -0.15) is 0 Å². The lowest BCUT2D eigenvalue weighted by Crippen LogP contribution is -2.35. The molecular weight excluding hydrogens is 250 g/mol. The summed E-state index contributed by atoms with van der Waals surface area (Å²) in [5.74, 6) is -0.441. The van der Waals surface area contributed by atoms with Crippen LogP contribution in [0.25, 0.3) is 0 Å². The molecule has 1 aromatic heterocycles. The average Bonchev–Trinajstić information content (AvgIpc) is 2.59. The van der Waals surface area contributed by atoms with Gasteiger partial charge in [0.15, 0.2) is 0 Å². The first-order chi connectivity index (χ1) is 8.69. The Morgan fingerprint density at radius 1 is 1.47 bits per heavy atom. The molecular formula is C13H19NO5. The maximum absolute atomic E-state index is 11.7. The van der Waals surface area contributed by atoms with Gasteiger partial charge in [-0.1, -0.05) is 0 Å². The minimum Gasteiger partial charge on any atom is -0.481 e. The lowest BCUT2D eigenvalue weighted by atomic mass is 10.1. The van der Waals surface area contributed by atoms with Crippen LogP contribution in [0.2, 0.25) is 0 Å². The average molecular weight is 269 g/mol. The summed E-state index contributed by atoms with van der Waals surface area (Å²) in [7, 11) is 0. The number of carboxylic acids is 1. The van der Waals surface area contributed by atoms with Crippen molar-refractivity contribution in [1.82, 2.24) is 5.32 Å². The van der Waals surface area contributed by atoms with Crippen molar-refractivity contribution in [3.8, 4) is 0 Å². The van der Waals surface area contributed by atoms with Crippen molar-refractivity contribution < 1.29 is 23.8 Å². The molecule has 0 radical (unpaired) electrons. The smallest absolute Gasteiger partial charge is 0.408 e. The number of carbonyl (C=O) groups excluding carboxylic acids is 1. The number of alkyl carbamates (subject to hydrolysis) is 1. The molecule has 1 atom stereocenters. The highest BCUT2D eigenvalue weighted by Crippen LogP contribution is 2.22. The fraction of sp³-hybridized carbons (Fsp3) is 0.538. The second kappa shape index (κ2) is 5.77. The summed E-state index contributed by atoms with van der Waals surface area (Å²) in [6.07, 6.45) is 0.565. The van der Waals surface area contributed by atoms with E-state index in [0.29, 0.717) is 11.3 Å². The highest BCUT2D eigenvalue weighted by Gasteiger charge is 2.24. The Balaban J connectivity index is 2.79. The summed E-state index contributed by atoms with van der Waals surface area (Å²) in [4.78, 5) is 22.6. The molecule has 2 N–H and O–H groups in total. The maximum Gasteiger partial charge on any atom is 0.408 e. The summed E-state index contributed by atoms with van der Waals surface area (Å²) in [5.41, 5.74) is -0.00297. The standard InChI is InChI=1S/C13H19NO5/c1-8-9(5-6-18-8)10(7-11(15)16)14-12(17)19-13(2,3)4/h5-6,10H,7H2,1-4H3,(H,14,17)(H,15,16)/t10-/m1/s1. The van der Waals surface area contributed by atoms with E-state index in [4.69, 9.17) is 14.3 Å². The molecule has 19 heavy (non-hydrogen) atoms. The van der Waals surface area contributed by atoms with E-state index >= 15 is 0 Å². The summed E-state index contributed by atoms with van der Waals surface area (Å²) in [6, 6.07) is 0.964. The third-order valence-electron chi connectivity index (χ3n) is 2.34. The Morgan fingerprint density at radius 2 is 2.11 bits per heavy atom. The molecule has 6 heteroatoms. The van der Waals surface area contributed by atoms with Gasteiger partial charge in [-0.05, 0) is 33.8 Å². The Morgan fingerprint density at radius 3 is 2.53 bits per heavy atom. The summed E-state index contributed by atoms with van der Waals surface area (Å²) in [6.45, 7) is 6.92. The Bertz CT molecular complexity index is 458. The van der Waals surface area contributed by atoms with E-state index in [-0.39, 0.29) is 6.42 Å². The van der Waals surface area contributed by atoms with Crippen molar-refractivity contribution in [2.24, 2.45) is 0 Å². The number of carboxylic acid groups (broad SMARTS) is 1. The molecule has 0 aliphatic heterocycles. The van der Waals surface area contributed by atoms with Crippen molar-refractivity contribution >= 4 is 12.1 Å². The molecule has 0 aliphatic carbocycles. The van der Waals surface area contributed by atoms with E-state index in [0.717, 1.165) is 0 Å². The zero-order valence-corrected chi connectivity index (χ0v) is 11.5. The molecule has 0 aromatic carbocycles. The molecule has 1 aromatic rings. The van der Waals surface area contributed by atoms with E-state index in [1.165, 1.54) is 6.26 Å². The predicted octanol–water partition coefficient (Wildman–Crippen LogP) is 2.63. The SMILES string of the molecule is Cc1occc1[C@@H](CC(=O)O)NC(=O)OC(C)(C)C. The molecule has 106 valence electrons. The zero-order valence-electron chi connectivity index (χ0n) is 11.5. The van der Waals surface area contributed by atoms with Crippen molar-refractivity contribution in [3.05, 3.63) is 23.7 Å². The second-order valence-corrected chi connectivity index (χ2v) is 5.23. The monoisotopic (exact) mass is 269 g/mol. The summed E-state index contributed by atoms with van der Waals surface area (Å²) >= 11 is 0. The van der Waals surface area contributed by atoms with Gasteiger partial charge >= 0.3 is 12.1 Å². The second-order valence-electron chi connectivity index (χ2n) is 5.23. The number of amides is 1. The van der Waals surface area contributed by atoms with Crippen LogP contribution in [0.5, 0.6) is 0 Å². The van der Waals surface area contributed by atoms with Crippen molar-refractivity contribution in [3.63, 3.8) is 0 Å². The van der Waals surface area contributed by atoms with Gasteiger partial charge in [0.25, 0.3) is 0 Å². The highest BCUT2D eigenvalue weighted by molar-refractivity contribution is 5.72. The number of carbonyl (C=O) groups is 2. The molecule has 6 nitrogen and oxygen atoms in total. The molecule has 0 bridgehead atoms. The van der Waals surface area contributed by atoms with E-state index in [1.54, 1.807) is 33.8 Å². The van der Waals surface area contributed by atoms with Gasteiger partial charge in [0.1, 0.15) is 11.4 Å². The van der Waals surface area contributed by atoms with Crippen LogP contribution in [0.4, 0.5) is 4.79 Å². The molecule has 0 saturated heterocycles. The lowest BCUT2D eigenvalue weighted by Gasteiger charge is -2.22. The Labute approximate surface area is 111 Å². The molecule has 0 saturated carbocycles. The number of rotatable bonds is 4. The van der Waals surface area contributed by atoms with Crippen LogP contribution >= 0.6 is 0 Å². The molecule has 0 unspecified atom stereocenters. The van der Waals surface area contributed by atoms with Crippen LogP contribution in [-0.4, -0.2) is 22.8 Å². The van der Waals surface area contributed by atoms with Crippen LogP contribution in [0.3, 0.4) is 0 Å². The first-order valence-corrected chi connectivity index (χ1v) is 5.94. The minimum atomic E-state index is -1.01. The highest BCUT2D eigenvalue weighted by atomic mass is 16.6. The molecule has 1 amide bonds. The molecule has 1 rings (SSSR count). The topological polar surface area (TPSA) is 88.8 Å². The van der Waals surface area contributed by atoms with Gasteiger partial charge in [0, 0.05) is 5.56 Å². The van der Waals surface area contributed by atoms with Crippen LogP contribution in [0, 0.1) is 6.92 Å². The van der Waals surface area contributed by atoms with Crippen molar-refractivity contribution in [2.45, 2.75) is 45.8 Å². The Hall–Kier alpha value is -1.98. The normalized spacial score (nSPS) is 12.8. The van der Waals surface area contributed by atoms with Crippen LogP contribution in [-0.2, 0) is 9.53 Å². The lowest BCUT2D eigenvalue weighted by molar-refractivity contribution is -0.137. The van der Waals surface area contributed by atoms with Gasteiger partial charge < -0.3 is 19.6 Å². The predicted molar refractivity (Wildman–Crippen MR) is 67.8 cm³/mol. The van der Waals surface area contributed by atoms with Gasteiger partial charge in [-0.15, -0.1) is 0 Å². The summed E-state index contributed by atoms with van der Waals surface area (Å²) in [5, 5.41) is 11.4. The molecule has 1 heterocycles. The number of furan rings is 1. The van der Waals surface area contributed by atoms with Gasteiger partial charge in [0.2, 0.25) is 0 Å². The molecule has 0 aliphatic rings. The number of hydrogen-bond donors (Lipinski definition) is 2. The zero-order chi connectivity index (χ0) is 14.6. The summed E-state index contributed by atoms with van der Waals surface area (Å²) < 4.78 is 10.2. The van der Waals surface area contributed by atoms with E-state index in [9.17, 15) is 9.59 Å². The minimum absolute atomic E-state index is 0.236.